The topological polar surface area (TPSA) is 110 Å². The molecule has 5 rings (SSSR count). The van der Waals surface area contributed by atoms with Gasteiger partial charge in [0, 0.05) is 30.3 Å². The van der Waals surface area contributed by atoms with Crippen molar-refractivity contribution in [2.45, 2.75) is 57.2 Å². The summed E-state index contributed by atoms with van der Waals surface area (Å²) in [6, 6.07) is 7.61. The quantitative estimate of drug-likeness (QED) is 0.415. The Morgan fingerprint density at radius 3 is 2.68 bits per heavy atom. The van der Waals surface area contributed by atoms with Gasteiger partial charge in [-0.15, -0.1) is 0 Å². The number of nitrogens with zero attached hydrogens (tertiary/aromatic N) is 4. The monoisotopic (exact) mass is 528 g/mol. The summed E-state index contributed by atoms with van der Waals surface area (Å²) in [5, 5.41) is 3.50. The lowest BCUT2D eigenvalue weighted by molar-refractivity contribution is -0.141. The average molecular weight is 529 g/mol. The fourth-order valence-corrected chi connectivity index (χ4v) is 5.66. The van der Waals surface area contributed by atoms with Gasteiger partial charge >= 0.3 is 6.18 Å². The van der Waals surface area contributed by atoms with Gasteiger partial charge in [0.05, 0.1) is 18.6 Å². The van der Waals surface area contributed by atoms with E-state index < -0.39 is 17.8 Å². The van der Waals surface area contributed by atoms with Gasteiger partial charge in [-0.1, -0.05) is 25.0 Å². The Balaban J connectivity index is 1.22. The van der Waals surface area contributed by atoms with Crippen LogP contribution in [0.2, 0.25) is 0 Å². The molecule has 3 heterocycles. The Labute approximate surface area is 218 Å². The first-order valence-electron chi connectivity index (χ1n) is 13.0. The van der Waals surface area contributed by atoms with Crippen LogP contribution >= 0.6 is 0 Å². The molecule has 0 unspecified atom stereocenters. The Kier molecular flexibility index (Phi) is 7.53. The minimum Gasteiger partial charge on any atom is -0.424 e. The molecule has 1 amide bonds. The van der Waals surface area contributed by atoms with Gasteiger partial charge in [0.15, 0.2) is 11.5 Å². The Bertz CT molecular complexity index is 1250. The lowest BCUT2D eigenvalue weighted by atomic mass is 9.77. The molecular formula is C27H31F3N6O2. The van der Waals surface area contributed by atoms with E-state index in [0.29, 0.717) is 35.0 Å². The predicted octanol–water partition coefficient (Wildman–Crippen LogP) is 5.53. The van der Waals surface area contributed by atoms with Gasteiger partial charge in [0.2, 0.25) is 5.91 Å². The fraction of sp³-hybridized carbons (Fsp3) is 0.481. The number of benzene rings is 1. The lowest BCUT2D eigenvalue weighted by Crippen LogP contribution is -2.40. The molecule has 0 spiro atoms. The minimum absolute atomic E-state index is 0.216. The van der Waals surface area contributed by atoms with Crippen LogP contribution in [0.3, 0.4) is 0 Å². The lowest BCUT2D eigenvalue weighted by Gasteiger charge is -2.38. The standard InChI is InChI=1S/C27H31F3N6O2/c28-27(29,30)23-14-33-24(15-32-23)36-10-4-5-17(16-36)11-18-6-1-2-9-21(18)35-26-34-13-22(38-26)19-7-3-8-20(12-19)25(31)37/h3,7-8,12-15,17-18,21H,1-2,4-6,9-11,16H2,(H2,31,37)(H,34,35)/t17-,18+,21-/m1/s1. The van der Waals surface area contributed by atoms with Gasteiger partial charge in [0.25, 0.3) is 6.01 Å². The van der Waals surface area contributed by atoms with Gasteiger partial charge in [-0.2, -0.15) is 13.2 Å². The molecule has 202 valence electrons. The molecule has 2 aliphatic rings. The number of carbonyl (C=O) groups is 1. The van der Waals surface area contributed by atoms with Crippen LogP contribution in [0.5, 0.6) is 0 Å². The number of rotatable bonds is 7. The van der Waals surface area contributed by atoms with Crippen molar-refractivity contribution in [1.82, 2.24) is 15.0 Å². The third-order valence-electron chi connectivity index (χ3n) is 7.56. The van der Waals surface area contributed by atoms with Crippen molar-refractivity contribution in [2.24, 2.45) is 17.6 Å². The Hall–Kier alpha value is -3.63. The van der Waals surface area contributed by atoms with E-state index in [-0.39, 0.29) is 6.04 Å². The van der Waals surface area contributed by atoms with E-state index >= 15 is 0 Å². The summed E-state index contributed by atoms with van der Waals surface area (Å²) in [6.45, 7) is 1.52. The molecule has 0 bridgehead atoms. The summed E-state index contributed by atoms with van der Waals surface area (Å²) in [5.74, 6) is 1.40. The second-order valence-electron chi connectivity index (χ2n) is 10.2. The molecule has 3 atom stereocenters. The number of nitrogens with two attached hydrogens (primary N) is 1. The molecule has 2 fully saturated rings. The highest BCUT2D eigenvalue weighted by Gasteiger charge is 2.34. The molecule has 11 heteroatoms. The molecule has 1 aromatic carbocycles. The van der Waals surface area contributed by atoms with Crippen molar-refractivity contribution < 1.29 is 22.4 Å². The molecular weight excluding hydrogens is 497 g/mol. The van der Waals surface area contributed by atoms with Crippen LogP contribution in [0.1, 0.15) is 61.0 Å². The maximum Gasteiger partial charge on any atom is 0.434 e. The molecule has 1 saturated carbocycles. The van der Waals surface area contributed by atoms with E-state index in [9.17, 15) is 18.0 Å². The van der Waals surface area contributed by atoms with E-state index in [1.807, 2.05) is 11.0 Å². The third kappa shape index (κ3) is 6.08. The first-order chi connectivity index (χ1) is 18.3. The van der Waals surface area contributed by atoms with Gasteiger partial charge in [-0.3, -0.25) is 4.79 Å². The number of amides is 1. The van der Waals surface area contributed by atoms with Crippen LogP contribution in [0.15, 0.2) is 47.3 Å². The van der Waals surface area contributed by atoms with E-state index in [0.717, 1.165) is 63.4 Å². The highest BCUT2D eigenvalue weighted by Crippen LogP contribution is 2.36. The van der Waals surface area contributed by atoms with Gasteiger partial charge in [0.1, 0.15) is 5.82 Å². The summed E-state index contributed by atoms with van der Waals surface area (Å²) in [7, 11) is 0. The number of aromatic nitrogens is 3. The summed E-state index contributed by atoms with van der Waals surface area (Å²) in [6.07, 6.45) is 6.66. The summed E-state index contributed by atoms with van der Waals surface area (Å²) >= 11 is 0. The van der Waals surface area contributed by atoms with Crippen LogP contribution in [-0.4, -0.2) is 40.0 Å². The zero-order valence-electron chi connectivity index (χ0n) is 21.0. The molecule has 38 heavy (non-hydrogen) atoms. The van der Waals surface area contributed by atoms with E-state index in [4.69, 9.17) is 10.2 Å². The van der Waals surface area contributed by atoms with Crippen molar-refractivity contribution in [1.29, 1.82) is 0 Å². The number of oxazole rings is 1. The number of alkyl halides is 3. The van der Waals surface area contributed by atoms with Crippen molar-refractivity contribution in [3.8, 4) is 11.3 Å². The number of carbonyl (C=O) groups excluding carboxylic acids is 1. The largest absolute Gasteiger partial charge is 0.434 e. The number of hydrogen-bond donors (Lipinski definition) is 2. The highest BCUT2D eigenvalue weighted by atomic mass is 19.4. The number of nitrogens with one attached hydrogen (secondary N) is 1. The van der Waals surface area contributed by atoms with Crippen molar-refractivity contribution in [3.63, 3.8) is 0 Å². The average Bonchev–Trinajstić information content (AvgIpc) is 3.38. The van der Waals surface area contributed by atoms with Crippen LogP contribution in [-0.2, 0) is 6.18 Å². The maximum atomic E-state index is 12.9. The first kappa shape index (κ1) is 26.0. The summed E-state index contributed by atoms with van der Waals surface area (Å²) < 4.78 is 44.6. The molecule has 0 radical (unpaired) electrons. The van der Waals surface area contributed by atoms with Crippen LogP contribution in [0.4, 0.5) is 25.0 Å². The summed E-state index contributed by atoms with van der Waals surface area (Å²) in [4.78, 5) is 25.6. The number of halogens is 3. The second-order valence-corrected chi connectivity index (χ2v) is 10.2. The van der Waals surface area contributed by atoms with Crippen molar-refractivity contribution in [2.75, 3.05) is 23.3 Å². The normalized spacial score (nSPS) is 22.3. The molecule has 1 aliphatic carbocycles. The van der Waals surface area contributed by atoms with Crippen LogP contribution < -0.4 is 16.0 Å². The van der Waals surface area contributed by atoms with E-state index in [2.05, 4.69) is 20.3 Å². The SMILES string of the molecule is NC(=O)c1cccc(-c2cnc(N[C@@H]3CCCC[C@H]3C[C@H]3CCCN(c4cnc(C(F)(F)F)cn4)C3)o2)c1. The number of hydrogen-bond acceptors (Lipinski definition) is 7. The first-order valence-corrected chi connectivity index (χ1v) is 13.0. The predicted molar refractivity (Wildman–Crippen MR) is 136 cm³/mol. The molecule has 2 aromatic heterocycles. The number of piperidine rings is 1. The smallest absolute Gasteiger partial charge is 0.424 e. The number of anilines is 2. The maximum absolute atomic E-state index is 12.9. The molecule has 3 aromatic rings. The highest BCUT2D eigenvalue weighted by molar-refractivity contribution is 5.93. The van der Waals surface area contributed by atoms with Gasteiger partial charge < -0.3 is 20.4 Å². The molecule has 1 aliphatic heterocycles. The van der Waals surface area contributed by atoms with Crippen molar-refractivity contribution in [3.05, 3.63) is 54.1 Å². The van der Waals surface area contributed by atoms with Crippen molar-refractivity contribution >= 4 is 17.7 Å². The fourth-order valence-electron chi connectivity index (χ4n) is 5.66. The van der Waals surface area contributed by atoms with E-state index in [1.165, 1.54) is 12.6 Å². The number of primary amides is 1. The zero-order chi connectivity index (χ0) is 26.7. The minimum atomic E-state index is -4.49. The van der Waals surface area contributed by atoms with Gasteiger partial charge in [-0.25, -0.2) is 15.0 Å². The third-order valence-corrected chi connectivity index (χ3v) is 7.56. The zero-order valence-corrected chi connectivity index (χ0v) is 21.0. The van der Waals surface area contributed by atoms with Crippen LogP contribution in [0, 0.1) is 11.8 Å². The summed E-state index contributed by atoms with van der Waals surface area (Å²) in [5.41, 5.74) is 5.56. The molecule has 1 saturated heterocycles. The molecule has 8 nitrogen and oxygen atoms in total. The Morgan fingerprint density at radius 2 is 1.92 bits per heavy atom. The second kappa shape index (κ2) is 11.0. The van der Waals surface area contributed by atoms with Crippen LogP contribution in [0.25, 0.3) is 11.3 Å². The van der Waals surface area contributed by atoms with E-state index in [1.54, 1.807) is 24.4 Å². The Morgan fingerprint density at radius 1 is 1.08 bits per heavy atom. The molecule has 3 N–H and O–H groups in total. The van der Waals surface area contributed by atoms with Gasteiger partial charge in [-0.05, 0) is 56.1 Å².